The second-order valence-electron chi connectivity index (χ2n) is 5.30. The van der Waals surface area contributed by atoms with Gasteiger partial charge >= 0.3 is 5.97 Å². The largest absolute Gasteiger partial charge is 0.496 e. The zero-order chi connectivity index (χ0) is 18.1. The van der Waals surface area contributed by atoms with E-state index in [1.54, 1.807) is 13.1 Å². The van der Waals surface area contributed by atoms with Crippen LogP contribution >= 0.6 is 0 Å². The SMILES string of the molecule is CN=C(NCCn1cccc1)NCc1ccc(C(=O)OC)c(OC)c1. The van der Waals surface area contributed by atoms with Crippen LogP contribution in [0.25, 0.3) is 0 Å². The highest BCUT2D eigenvalue weighted by Crippen LogP contribution is 2.21. The van der Waals surface area contributed by atoms with Crippen LogP contribution in [0.3, 0.4) is 0 Å². The number of aliphatic imine (C=N–C) groups is 1. The Kier molecular flexibility index (Phi) is 6.88. The Bertz CT molecular complexity index is 711. The van der Waals surface area contributed by atoms with E-state index >= 15 is 0 Å². The quantitative estimate of drug-likeness (QED) is 0.454. The van der Waals surface area contributed by atoms with Gasteiger partial charge < -0.3 is 24.7 Å². The number of carbonyl (C=O) groups excluding carboxylic acids is 1. The average Bonchev–Trinajstić information content (AvgIpc) is 3.17. The standard InChI is InChI=1S/C18H24N4O3/c1-19-18(20-8-11-22-9-4-5-10-22)21-13-14-6-7-15(17(23)25-3)16(12-14)24-2/h4-7,9-10,12H,8,11,13H2,1-3H3,(H2,19,20,21). The summed E-state index contributed by atoms with van der Waals surface area (Å²) < 4.78 is 12.1. The molecule has 25 heavy (non-hydrogen) atoms. The molecule has 0 saturated carbocycles. The van der Waals surface area contributed by atoms with E-state index < -0.39 is 5.97 Å². The lowest BCUT2D eigenvalue weighted by Gasteiger charge is -2.13. The maximum absolute atomic E-state index is 11.7. The number of carbonyl (C=O) groups is 1. The van der Waals surface area contributed by atoms with Gasteiger partial charge in [-0.1, -0.05) is 6.07 Å². The molecule has 134 valence electrons. The first kappa shape index (κ1) is 18.4. The van der Waals surface area contributed by atoms with Crippen molar-refractivity contribution in [1.82, 2.24) is 15.2 Å². The lowest BCUT2D eigenvalue weighted by molar-refractivity contribution is 0.0597. The number of hydrogen-bond donors (Lipinski definition) is 2. The number of esters is 1. The van der Waals surface area contributed by atoms with E-state index in [9.17, 15) is 4.79 Å². The van der Waals surface area contributed by atoms with Crippen molar-refractivity contribution in [3.63, 3.8) is 0 Å². The molecule has 1 heterocycles. The minimum Gasteiger partial charge on any atom is -0.496 e. The summed E-state index contributed by atoms with van der Waals surface area (Å²) in [5.74, 6) is 0.781. The van der Waals surface area contributed by atoms with Gasteiger partial charge in [-0.15, -0.1) is 0 Å². The number of hydrogen-bond acceptors (Lipinski definition) is 4. The summed E-state index contributed by atoms with van der Waals surface area (Å²) >= 11 is 0. The molecule has 0 bridgehead atoms. The van der Waals surface area contributed by atoms with Gasteiger partial charge in [0.25, 0.3) is 0 Å². The minimum absolute atomic E-state index is 0.406. The number of aromatic nitrogens is 1. The zero-order valence-electron chi connectivity index (χ0n) is 14.8. The van der Waals surface area contributed by atoms with E-state index in [-0.39, 0.29) is 0 Å². The zero-order valence-corrected chi connectivity index (χ0v) is 14.8. The Labute approximate surface area is 147 Å². The van der Waals surface area contributed by atoms with Crippen LogP contribution < -0.4 is 15.4 Å². The van der Waals surface area contributed by atoms with Gasteiger partial charge in [-0.25, -0.2) is 4.79 Å². The van der Waals surface area contributed by atoms with Gasteiger partial charge in [-0.3, -0.25) is 4.99 Å². The van der Waals surface area contributed by atoms with Crippen molar-refractivity contribution < 1.29 is 14.3 Å². The van der Waals surface area contributed by atoms with Crippen molar-refractivity contribution in [2.75, 3.05) is 27.8 Å². The van der Waals surface area contributed by atoms with Crippen molar-refractivity contribution in [2.24, 2.45) is 4.99 Å². The molecule has 0 radical (unpaired) electrons. The summed E-state index contributed by atoms with van der Waals surface area (Å²) in [5.41, 5.74) is 1.38. The first-order valence-electron chi connectivity index (χ1n) is 7.98. The fourth-order valence-electron chi connectivity index (χ4n) is 2.35. The fourth-order valence-corrected chi connectivity index (χ4v) is 2.35. The van der Waals surface area contributed by atoms with Gasteiger partial charge in [0.05, 0.1) is 14.2 Å². The monoisotopic (exact) mass is 344 g/mol. The maximum Gasteiger partial charge on any atom is 0.341 e. The molecule has 2 aromatic rings. The molecule has 0 spiro atoms. The third kappa shape index (κ3) is 5.27. The van der Waals surface area contributed by atoms with Gasteiger partial charge in [0.1, 0.15) is 11.3 Å². The third-order valence-corrected chi connectivity index (χ3v) is 3.68. The second kappa shape index (κ2) is 9.36. The Morgan fingerprint density at radius 2 is 1.96 bits per heavy atom. The van der Waals surface area contributed by atoms with Gasteiger partial charge in [0, 0.05) is 39.1 Å². The molecule has 0 saturated heterocycles. The molecule has 0 atom stereocenters. The van der Waals surface area contributed by atoms with E-state index in [0.29, 0.717) is 23.8 Å². The number of benzene rings is 1. The molecule has 0 amide bonds. The Morgan fingerprint density at radius 1 is 1.20 bits per heavy atom. The molecular formula is C18H24N4O3. The Balaban J connectivity index is 1.89. The third-order valence-electron chi connectivity index (χ3n) is 3.68. The predicted molar refractivity (Wildman–Crippen MR) is 97.0 cm³/mol. The van der Waals surface area contributed by atoms with E-state index in [1.807, 2.05) is 36.7 Å². The minimum atomic E-state index is -0.418. The highest BCUT2D eigenvalue weighted by molar-refractivity contribution is 5.92. The molecule has 2 rings (SSSR count). The van der Waals surface area contributed by atoms with E-state index in [0.717, 1.165) is 18.7 Å². The van der Waals surface area contributed by atoms with Crippen molar-refractivity contribution in [3.8, 4) is 5.75 Å². The summed E-state index contributed by atoms with van der Waals surface area (Å²) in [6.45, 7) is 2.18. The van der Waals surface area contributed by atoms with Gasteiger partial charge in [-0.05, 0) is 29.8 Å². The van der Waals surface area contributed by atoms with Crippen LogP contribution in [0.5, 0.6) is 5.75 Å². The normalized spacial score (nSPS) is 11.1. The Morgan fingerprint density at radius 3 is 2.60 bits per heavy atom. The molecule has 1 aromatic heterocycles. The number of methoxy groups -OCH3 is 2. The lowest BCUT2D eigenvalue weighted by atomic mass is 10.1. The van der Waals surface area contributed by atoms with E-state index in [2.05, 4.69) is 20.2 Å². The van der Waals surface area contributed by atoms with Crippen molar-refractivity contribution in [1.29, 1.82) is 0 Å². The molecule has 2 N–H and O–H groups in total. The molecule has 0 unspecified atom stereocenters. The number of guanidine groups is 1. The van der Waals surface area contributed by atoms with E-state index in [1.165, 1.54) is 14.2 Å². The van der Waals surface area contributed by atoms with Crippen molar-refractivity contribution in [3.05, 3.63) is 53.9 Å². The van der Waals surface area contributed by atoms with Crippen LogP contribution in [0.4, 0.5) is 0 Å². The first-order chi connectivity index (χ1) is 12.2. The van der Waals surface area contributed by atoms with Crippen LogP contribution in [-0.4, -0.2) is 44.3 Å². The molecule has 7 nitrogen and oxygen atoms in total. The highest BCUT2D eigenvalue weighted by atomic mass is 16.5. The van der Waals surface area contributed by atoms with Crippen LogP contribution in [0.2, 0.25) is 0 Å². The van der Waals surface area contributed by atoms with Gasteiger partial charge in [0.2, 0.25) is 0 Å². The van der Waals surface area contributed by atoms with Crippen molar-refractivity contribution >= 4 is 11.9 Å². The molecule has 7 heteroatoms. The van der Waals surface area contributed by atoms with Crippen molar-refractivity contribution in [2.45, 2.75) is 13.1 Å². The van der Waals surface area contributed by atoms with Crippen LogP contribution in [0, 0.1) is 0 Å². The van der Waals surface area contributed by atoms with E-state index in [4.69, 9.17) is 9.47 Å². The smallest absolute Gasteiger partial charge is 0.341 e. The topological polar surface area (TPSA) is 76.9 Å². The number of ether oxygens (including phenoxy) is 2. The van der Waals surface area contributed by atoms with Crippen LogP contribution in [0.1, 0.15) is 15.9 Å². The maximum atomic E-state index is 11.7. The Hall–Kier alpha value is -2.96. The fraction of sp³-hybridized carbons (Fsp3) is 0.333. The predicted octanol–water partition coefficient (Wildman–Crippen LogP) is 1.65. The molecule has 0 fully saturated rings. The van der Waals surface area contributed by atoms with Gasteiger partial charge in [-0.2, -0.15) is 0 Å². The summed E-state index contributed by atoms with van der Waals surface area (Å²) in [7, 11) is 4.60. The van der Waals surface area contributed by atoms with Crippen LogP contribution in [-0.2, 0) is 17.8 Å². The second-order valence-corrected chi connectivity index (χ2v) is 5.30. The lowest BCUT2D eigenvalue weighted by Crippen LogP contribution is -2.38. The molecule has 0 aliphatic carbocycles. The molecule has 1 aromatic carbocycles. The number of rotatable bonds is 7. The molecular weight excluding hydrogens is 320 g/mol. The number of nitrogens with one attached hydrogen (secondary N) is 2. The average molecular weight is 344 g/mol. The summed E-state index contributed by atoms with van der Waals surface area (Å²) in [5, 5.41) is 6.50. The summed E-state index contributed by atoms with van der Waals surface area (Å²) in [4.78, 5) is 15.9. The first-order valence-corrected chi connectivity index (χ1v) is 7.98. The summed E-state index contributed by atoms with van der Waals surface area (Å²) in [6.07, 6.45) is 4.04. The summed E-state index contributed by atoms with van der Waals surface area (Å²) in [6, 6.07) is 9.36. The molecule has 0 aliphatic heterocycles. The number of nitrogens with zero attached hydrogens (tertiary/aromatic N) is 2. The molecule has 0 aliphatic rings. The highest BCUT2D eigenvalue weighted by Gasteiger charge is 2.13. The van der Waals surface area contributed by atoms with Gasteiger partial charge in [0.15, 0.2) is 5.96 Å². The van der Waals surface area contributed by atoms with Crippen LogP contribution in [0.15, 0.2) is 47.7 Å².